The number of fused-ring (bicyclic) bond motifs is 1. The van der Waals surface area contributed by atoms with Crippen molar-refractivity contribution in [2.75, 3.05) is 6.61 Å². The molecule has 2 heterocycles. The van der Waals surface area contributed by atoms with Crippen LogP contribution < -0.4 is 0 Å². The van der Waals surface area contributed by atoms with Crippen LogP contribution >= 0.6 is 11.6 Å². The number of hydrogen-bond donors (Lipinski definition) is 0. The van der Waals surface area contributed by atoms with Crippen molar-refractivity contribution in [3.05, 3.63) is 29.4 Å². The fourth-order valence-electron chi connectivity index (χ4n) is 3.29. The van der Waals surface area contributed by atoms with Gasteiger partial charge in [0.15, 0.2) is 5.15 Å². The predicted molar refractivity (Wildman–Crippen MR) is 82.0 cm³/mol. The van der Waals surface area contributed by atoms with E-state index in [1.165, 1.54) is 0 Å². The van der Waals surface area contributed by atoms with E-state index < -0.39 is 0 Å². The molecule has 0 N–H and O–H groups in total. The summed E-state index contributed by atoms with van der Waals surface area (Å²) >= 11 is 6.20. The summed E-state index contributed by atoms with van der Waals surface area (Å²) in [7, 11) is 0. The molecule has 0 amide bonds. The number of rotatable bonds is 3. The molecule has 0 bridgehead atoms. The molecule has 1 fully saturated rings. The summed E-state index contributed by atoms with van der Waals surface area (Å²) in [5.41, 5.74) is 1.12. The maximum Gasteiger partial charge on any atom is 0.158 e. The summed E-state index contributed by atoms with van der Waals surface area (Å²) in [4.78, 5) is 0. The van der Waals surface area contributed by atoms with Crippen LogP contribution in [0.25, 0.3) is 10.9 Å². The van der Waals surface area contributed by atoms with E-state index in [4.69, 9.17) is 16.3 Å². The number of nitrogens with zero attached hydrogens (tertiary/aromatic N) is 2. The third-order valence-corrected chi connectivity index (χ3v) is 4.85. The van der Waals surface area contributed by atoms with Gasteiger partial charge in [0.1, 0.15) is 0 Å². The van der Waals surface area contributed by atoms with Gasteiger partial charge in [0.05, 0.1) is 11.6 Å². The van der Waals surface area contributed by atoms with Crippen LogP contribution in [0.4, 0.5) is 0 Å². The zero-order valence-corrected chi connectivity index (χ0v) is 12.8. The van der Waals surface area contributed by atoms with Crippen LogP contribution in [0, 0.1) is 11.8 Å². The SMILES string of the molecule is CC1CCOC(C)C1CCn1nc(Cl)c2ccccc21. The van der Waals surface area contributed by atoms with Crippen molar-refractivity contribution in [1.82, 2.24) is 9.78 Å². The smallest absolute Gasteiger partial charge is 0.158 e. The van der Waals surface area contributed by atoms with E-state index in [1.807, 2.05) is 22.9 Å². The summed E-state index contributed by atoms with van der Waals surface area (Å²) in [6.45, 7) is 6.32. The summed E-state index contributed by atoms with van der Waals surface area (Å²) in [5, 5.41) is 6.10. The Balaban J connectivity index is 1.77. The summed E-state index contributed by atoms with van der Waals surface area (Å²) < 4.78 is 7.82. The van der Waals surface area contributed by atoms with Crippen molar-refractivity contribution < 1.29 is 4.74 Å². The second kappa shape index (κ2) is 5.74. The molecule has 2 aromatic rings. The lowest BCUT2D eigenvalue weighted by atomic mass is 9.83. The van der Waals surface area contributed by atoms with Gasteiger partial charge >= 0.3 is 0 Å². The van der Waals surface area contributed by atoms with Gasteiger partial charge in [-0.05, 0) is 43.7 Å². The Bertz CT molecular complexity index is 585. The molecule has 0 saturated carbocycles. The number of halogens is 1. The standard InChI is InChI=1S/C16H21ClN2O/c1-11-8-10-20-12(2)13(11)7-9-19-15-6-4-3-5-14(15)16(17)18-19/h3-6,11-13H,7-10H2,1-2H3. The molecule has 108 valence electrons. The van der Waals surface area contributed by atoms with Crippen LogP contribution in [0.3, 0.4) is 0 Å². The molecular formula is C16H21ClN2O. The number of hydrogen-bond acceptors (Lipinski definition) is 2. The monoisotopic (exact) mass is 292 g/mol. The molecule has 1 saturated heterocycles. The topological polar surface area (TPSA) is 27.1 Å². The molecule has 4 heteroatoms. The van der Waals surface area contributed by atoms with Gasteiger partial charge in [0, 0.05) is 18.5 Å². The zero-order chi connectivity index (χ0) is 14.1. The minimum absolute atomic E-state index is 0.344. The lowest BCUT2D eigenvalue weighted by molar-refractivity contribution is -0.0457. The normalized spacial score (nSPS) is 27.1. The largest absolute Gasteiger partial charge is 0.378 e. The third kappa shape index (κ3) is 2.57. The van der Waals surface area contributed by atoms with Gasteiger partial charge in [0.2, 0.25) is 0 Å². The maximum absolute atomic E-state index is 6.20. The first-order chi connectivity index (χ1) is 9.66. The van der Waals surface area contributed by atoms with Crippen LogP contribution in [0.2, 0.25) is 5.15 Å². The molecular weight excluding hydrogens is 272 g/mol. The van der Waals surface area contributed by atoms with Crippen LogP contribution in [0.1, 0.15) is 26.7 Å². The Labute approximate surface area is 124 Å². The number of ether oxygens (including phenoxy) is 1. The molecule has 1 aliphatic heterocycles. The van der Waals surface area contributed by atoms with Crippen molar-refractivity contribution in [3.8, 4) is 0 Å². The van der Waals surface area contributed by atoms with E-state index in [1.54, 1.807) is 0 Å². The van der Waals surface area contributed by atoms with E-state index in [2.05, 4.69) is 25.0 Å². The summed E-state index contributed by atoms with van der Waals surface area (Å²) in [6.07, 6.45) is 2.59. The molecule has 20 heavy (non-hydrogen) atoms. The van der Waals surface area contributed by atoms with Crippen LogP contribution in [0.15, 0.2) is 24.3 Å². The lowest BCUT2D eigenvalue weighted by Gasteiger charge is -2.34. The van der Waals surface area contributed by atoms with Crippen molar-refractivity contribution >= 4 is 22.5 Å². The Morgan fingerprint density at radius 1 is 1.35 bits per heavy atom. The van der Waals surface area contributed by atoms with Gasteiger partial charge in [-0.2, -0.15) is 5.10 Å². The minimum Gasteiger partial charge on any atom is -0.378 e. The zero-order valence-electron chi connectivity index (χ0n) is 12.1. The van der Waals surface area contributed by atoms with E-state index >= 15 is 0 Å². The van der Waals surface area contributed by atoms with E-state index in [9.17, 15) is 0 Å². The Morgan fingerprint density at radius 3 is 2.95 bits per heavy atom. The highest BCUT2D eigenvalue weighted by atomic mass is 35.5. The highest BCUT2D eigenvalue weighted by molar-refractivity contribution is 6.34. The van der Waals surface area contributed by atoms with Crippen LogP contribution in [-0.2, 0) is 11.3 Å². The number of aryl methyl sites for hydroxylation is 1. The average molecular weight is 293 g/mol. The first-order valence-corrected chi connectivity index (χ1v) is 7.77. The van der Waals surface area contributed by atoms with Gasteiger partial charge in [-0.3, -0.25) is 4.68 Å². The molecule has 3 nitrogen and oxygen atoms in total. The van der Waals surface area contributed by atoms with Gasteiger partial charge in [0.25, 0.3) is 0 Å². The second-order valence-corrected chi connectivity index (χ2v) is 6.18. The first-order valence-electron chi connectivity index (χ1n) is 7.39. The molecule has 3 rings (SSSR count). The predicted octanol–water partition coefficient (Wildman–Crippen LogP) is 4.14. The van der Waals surface area contributed by atoms with E-state index in [-0.39, 0.29) is 0 Å². The molecule has 0 spiro atoms. The fraction of sp³-hybridized carbons (Fsp3) is 0.562. The number of aromatic nitrogens is 2. The van der Waals surface area contributed by atoms with E-state index in [0.29, 0.717) is 17.2 Å². The number of benzene rings is 1. The van der Waals surface area contributed by atoms with Gasteiger partial charge in [-0.15, -0.1) is 0 Å². The van der Waals surface area contributed by atoms with Gasteiger partial charge < -0.3 is 4.74 Å². The molecule has 3 atom stereocenters. The molecule has 1 aromatic carbocycles. The minimum atomic E-state index is 0.344. The molecule has 0 radical (unpaired) electrons. The van der Waals surface area contributed by atoms with Crippen molar-refractivity contribution in [3.63, 3.8) is 0 Å². The molecule has 3 unspecified atom stereocenters. The highest BCUT2D eigenvalue weighted by Gasteiger charge is 2.28. The summed E-state index contributed by atoms with van der Waals surface area (Å²) in [6, 6.07) is 8.14. The van der Waals surface area contributed by atoms with Gasteiger partial charge in [-0.1, -0.05) is 30.7 Å². The summed E-state index contributed by atoms with van der Waals surface area (Å²) in [5.74, 6) is 1.32. The van der Waals surface area contributed by atoms with Crippen molar-refractivity contribution in [2.24, 2.45) is 11.8 Å². The highest BCUT2D eigenvalue weighted by Crippen LogP contribution is 2.30. The quantitative estimate of drug-likeness (QED) is 0.850. The van der Waals surface area contributed by atoms with Crippen molar-refractivity contribution in [1.29, 1.82) is 0 Å². The maximum atomic E-state index is 6.20. The van der Waals surface area contributed by atoms with Crippen LogP contribution in [0.5, 0.6) is 0 Å². The number of para-hydroxylation sites is 1. The first kappa shape index (κ1) is 13.9. The second-order valence-electron chi connectivity index (χ2n) is 5.83. The molecule has 1 aliphatic rings. The Morgan fingerprint density at radius 2 is 2.15 bits per heavy atom. The van der Waals surface area contributed by atoms with E-state index in [0.717, 1.165) is 42.8 Å². The van der Waals surface area contributed by atoms with Gasteiger partial charge in [-0.25, -0.2) is 0 Å². The molecule has 0 aliphatic carbocycles. The Hall–Kier alpha value is -1.06. The van der Waals surface area contributed by atoms with Crippen molar-refractivity contribution in [2.45, 2.75) is 39.3 Å². The molecule has 1 aromatic heterocycles. The third-order valence-electron chi connectivity index (χ3n) is 4.57. The fourth-order valence-corrected chi connectivity index (χ4v) is 3.54. The average Bonchev–Trinajstić information content (AvgIpc) is 2.76. The Kier molecular flexibility index (Phi) is 3.99. The lowest BCUT2D eigenvalue weighted by Crippen LogP contribution is -2.33. The van der Waals surface area contributed by atoms with Crippen LogP contribution in [-0.4, -0.2) is 22.5 Å².